The topological polar surface area (TPSA) is 93.3 Å². The summed E-state index contributed by atoms with van der Waals surface area (Å²) in [5.41, 5.74) is 2.98. The summed E-state index contributed by atoms with van der Waals surface area (Å²) >= 11 is 6.88. The van der Waals surface area contributed by atoms with Gasteiger partial charge in [0.15, 0.2) is 5.82 Å². The molecule has 0 atom stereocenters. The lowest BCUT2D eigenvalue weighted by atomic mass is 9.72. The molecule has 9 nitrogen and oxygen atoms in total. The number of aromatic amines is 1. The molecule has 4 aromatic rings. The zero-order chi connectivity index (χ0) is 28.5. The average molecular weight is 575 g/mol. The quantitative estimate of drug-likeness (QED) is 0.336. The Hall–Kier alpha value is -3.76. The molecule has 3 aliphatic heterocycles. The molecule has 0 aliphatic carbocycles. The molecule has 7 rings (SSSR count). The number of nitrogens with one attached hydrogen (secondary N) is 2. The second kappa shape index (κ2) is 9.66. The number of hydrogen-bond donors (Lipinski definition) is 2. The molecule has 2 N–H and O–H groups in total. The second-order valence-electron chi connectivity index (χ2n) is 11.9. The van der Waals surface area contributed by atoms with Gasteiger partial charge < -0.3 is 20.0 Å². The Bertz CT molecular complexity index is 1700. The van der Waals surface area contributed by atoms with Crippen LogP contribution >= 0.6 is 11.6 Å². The summed E-state index contributed by atoms with van der Waals surface area (Å²) < 4.78 is 16.7. The third-order valence-corrected chi connectivity index (χ3v) is 9.19. The molecule has 2 aromatic carbocycles. The van der Waals surface area contributed by atoms with Crippen molar-refractivity contribution in [1.82, 2.24) is 30.0 Å². The van der Waals surface area contributed by atoms with Crippen molar-refractivity contribution in [2.45, 2.75) is 25.8 Å². The maximum absolute atomic E-state index is 16.7. The van der Waals surface area contributed by atoms with Gasteiger partial charge in [-0.1, -0.05) is 24.2 Å². The van der Waals surface area contributed by atoms with Gasteiger partial charge in [-0.25, -0.2) is 9.37 Å². The lowest BCUT2D eigenvalue weighted by Gasteiger charge is -2.60. The first-order chi connectivity index (χ1) is 19.7. The Morgan fingerprint density at radius 3 is 2.66 bits per heavy atom. The number of amides is 1. The van der Waals surface area contributed by atoms with E-state index in [0.717, 1.165) is 55.5 Å². The molecule has 212 valence electrons. The number of piperidine rings is 1. The molecular weight excluding hydrogens is 543 g/mol. The van der Waals surface area contributed by atoms with E-state index in [2.05, 4.69) is 38.9 Å². The third-order valence-electron chi connectivity index (χ3n) is 8.89. The largest absolute Gasteiger partial charge is 0.354 e. The first kappa shape index (κ1) is 26.2. The molecule has 2 aromatic heterocycles. The van der Waals surface area contributed by atoms with E-state index in [1.54, 1.807) is 17.2 Å². The summed E-state index contributed by atoms with van der Waals surface area (Å²) in [6.45, 7) is 10.3. The lowest BCUT2D eigenvalue weighted by Crippen LogP contribution is -2.73. The first-order valence-corrected chi connectivity index (χ1v) is 14.4. The highest BCUT2D eigenvalue weighted by Crippen LogP contribution is 2.46. The molecular formula is C30H32ClFN8O. The fraction of sp³-hybridized carbons (Fsp3) is 0.400. The summed E-state index contributed by atoms with van der Waals surface area (Å²) in [6.07, 6.45) is 4.98. The molecule has 5 heterocycles. The van der Waals surface area contributed by atoms with Crippen LogP contribution in [-0.2, 0) is 4.79 Å². The standard InChI is InChI=1S/C30H32ClFN8O/c1-4-23(41)39-13-30(14-39)15-40(16-30)28-19-11-21(31)25(24-17(2)5-6-22-20(24)12-33-37-22)26(32)27(19)35-29(36-28)34-18-7-9-38(3)10-8-18/h4-6,11-12,18H,1,7-10,13-16H2,2-3H3,(H,33,37)(H,34,35,36). The molecule has 3 aliphatic rings. The SMILES string of the molecule is C=CC(=O)N1CC2(C1)CN(c1nc(NC3CCN(C)CC3)nc3c(F)c(-c4c(C)ccc5[nH]ncc45)c(Cl)cc13)C2. The Labute approximate surface area is 242 Å². The van der Waals surface area contributed by atoms with Crippen molar-refractivity contribution in [3.05, 3.63) is 53.5 Å². The molecule has 11 heteroatoms. The Morgan fingerprint density at radius 2 is 1.93 bits per heavy atom. The van der Waals surface area contributed by atoms with Crippen LogP contribution in [0.4, 0.5) is 16.2 Å². The molecule has 1 amide bonds. The highest BCUT2D eigenvalue weighted by molar-refractivity contribution is 6.35. The molecule has 1 spiro atoms. The van der Waals surface area contributed by atoms with E-state index in [1.165, 1.54) is 6.08 Å². The van der Waals surface area contributed by atoms with Gasteiger partial charge in [-0.05, 0) is 63.7 Å². The number of aromatic nitrogens is 4. The predicted molar refractivity (Wildman–Crippen MR) is 160 cm³/mol. The van der Waals surface area contributed by atoms with Gasteiger partial charge in [-0.2, -0.15) is 10.1 Å². The van der Waals surface area contributed by atoms with Gasteiger partial charge in [0.25, 0.3) is 0 Å². The van der Waals surface area contributed by atoms with Crippen LogP contribution in [0.15, 0.2) is 37.1 Å². The summed E-state index contributed by atoms with van der Waals surface area (Å²) in [7, 11) is 2.12. The summed E-state index contributed by atoms with van der Waals surface area (Å²) in [6, 6.07) is 5.87. The van der Waals surface area contributed by atoms with Crippen LogP contribution in [0.1, 0.15) is 18.4 Å². The molecule has 0 radical (unpaired) electrons. The van der Waals surface area contributed by atoms with Crippen LogP contribution in [0, 0.1) is 18.2 Å². The number of aryl methyl sites for hydroxylation is 1. The zero-order valence-corrected chi connectivity index (χ0v) is 23.9. The van der Waals surface area contributed by atoms with Crippen LogP contribution in [-0.4, -0.2) is 88.2 Å². The smallest absolute Gasteiger partial charge is 0.245 e. The maximum Gasteiger partial charge on any atom is 0.245 e. The van der Waals surface area contributed by atoms with E-state index < -0.39 is 5.82 Å². The van der Waals surface area contributed by atoms with E-state index >= 15 is 4.39 Å². The Morgan fingerprint density at radius 1 is 1.17 bits per heavy atom. The minimum Gasteiger partial charge on any atom is -0.354 e. The van der Waals surface area contributed by atoms with Crippen LogP contribution < -0.4 is 10.2 Å². The fourth-order valence-corrected chi connectivity index (χ4v) is 6.96. The summed E-state index contributed by atoms with van der Waals surface area (Å²) in [4.78, 5) is 27.9. The van der Waals surface area contributed by atoms with Gasteiger partial charge in [-0.3, -0.25) is 9.89 Å². The van der Waals surface area contributed by atoms with Crippen molar-refractivity contribution in [1.29, 1.82) is 0 Å². The first-order valence-electron chi connectivity index (χ1n) is 14.0. The van der Waals surface area contributed by atoms with E-state index in [-0.39, 0.29) is 22.9 Å². The minimum absolute atomic E-state index is 0.0216. The van der Waals surface area contributed by atoms with E-state index in [0.29, 0.717) is 46.4 Å². The monoisotopic (exact) mass is 574 g/mol. The van der Waals surface area contributed by atoms with E-state index in [9.17, 15) is 4.79 Å². The van der Waals surface area contributed by atoms with Crippen molar-refractivity contribution < 1.29 is 9.18 Å². The Kier molecular flexibility index (Phi) is 6.17. The third kappa shape index (κ3) is 4.31. The number of hydrogen-bond acceptors (Lipinski definition) is 7. The van der Waals surface area contributed by atoms with Crippen molar-refractivity contribution >= 4 is 51.1 Å². The van der Waals surface area contributed by atoms with E-state index in [1.807, 2.05) is 19.1 Å². The number of anilines is 2. The van der Waals surface area contributed by atoms with Gasteiger partial charge >= 0.3 is 0 Å². The van der Waals surface area contributed by atoms with Crippen molar-refractivity contribution in [2.75, 3.05) is 56.5 Å². The number of nitrogens with zero attached hydrogens (tertiary/aromatic N) is 6. The number of halogens is 2. The highest BCUT2D eigenvalue weighted by Gasteiger charge is 2.53. The number of rotatable bonds is 5. The summed E-state index contributed by atoms with van der Waals surface area (Å²) in [5.74, 6) is 0.567. The van der Waals surface area contributed by atoms with Gasteiger partial charge in [0.1, 0.15) is 11.3 Å². The minimum atomic E-state index is -0.471. The number of likely N-dealkylation sites (tertiary alicyclic amines) is 2. The molecule has 3 saturated heterocycles. The molecule has 0 saturated carbocycles. The van der Waals surface area contributed by atoms with Gasteiger partial charge in [-0.15, -0.1) is 0 Å². The number of carbonyl (C=O) groups is 1. The Balaban J connectivity index is 1.31. The molecule has 41 heavy (non-hydrogen) atoms. The van der Waals surface area contributed by atoms with E-state index in [4.69, 9.17) is 21.6 Å². The average Bonchev–Trinajstić information content (AvgIpc) is 3.39. The number of carbonyl (C=O) groups excluding carboxylic acids is 1. The lowest BCUT2D eigenvalue weighted by molar-refractivity contribution is -0.139. The van der Waals surface area contributed by atoms with Crippen LogP contribution in [0.2, 0.25) is 5.02 Å². The molecule has 0 unspecified atom stereocenters. The maximum atomic E-state index is 16.7. The van der Waals surface area contributed by atoms with Gasteiger partial charge in [0.05, 0.1) is 16.7 Å². The van der Waals surface area contributed by atoms with Gasteiger partial charge in [0, 0.05) is 59.5 Å². The fourth-order valence-electron chi connectivity index (χ4n) is 6.67. The number of H-pyrrole nitrogens is 1. The van der Waals surface area contributed by atoms with Crippen molar-refractivity contribution in [2.24, 2.45) is 5.41 Å². The second-order valence-corrected chi connectivity index (χ2v) is 12.3. The predicted octanol–water partition coefficient (Wildman–Crippen LogP) is 4.61. The zero-order valence-electron chi connectivity index (χ0n) is 23.2. The number of fused-ring (bicyclic) bond motifs is 2. The number of benzene rings is 2. The van der Waals surface area contributed by atoms with Gasteiger partial charge in [0.2, 0.25) is 11.9 Å². The molecule has 0 bridgehead atoms. The summed E-state index contributed by atoms with van der Waals surface area (Å²) in [5, 5.41) is 12.3. The van der Waals surface area contributed by atoms with Crippen molar-refractivity contribution in [3.63, 3.8) is 0 Å². The highest BCUT2D eigenvalue weighted by atomic mass is 35.5. The van der Waals surface area contributed by atoms with Crippen molar-refractivity contribution in [3.8, 4) is 11.1 Å². The van der Waals surface area contributed by atoms with Crippen LogP contribution in [0.5, 0.6) is 0 Å². The van der Waals surface area contributed by atoms with Crippen LogP contribution in [0.3, 0.4) is 0 Å². The normalized spacial score (nSPS) is 19.0. The molecule has 3 fully saturated rings. The van der Waals surface area contributed by atoms with Crippen LogP contribution in [0.25, 0.3) is 32.9 Å².